The number of rotatable bonds is 5. The summed E-state index contributed by atoms with van der Waals surface area (Å²) in [7, 11) is 0.0119. The Labute approximate surface area is 185 Å². The number of hydrogen-bond acceptors (Lipinski definition) is 6. The van der Waals surface area contributed by atoms with Gasteiger partial charge in [-0.15, -0.1) is 0 Å². The van der Waals surface area contributed by atoms with Gasteiger partial charge in [-0.25, -0.2) is 8.42 Å². The number of nitrogens with one attached hydrogen (secondary N) is 1. The first-order valence-electron chi connectivity index (χ1n) is 10.8. The van der Waals surface area contributed by atoms with Crippen LogP contribution in [-0.2, 0) is 14.8 Å². The van der Waals surface area contributed by atoms with Gasteiger partial charge in [-0.2, -0.15) is 0 Å². The molecule has 1 heterocycles. The van der Waals surface area contributed by atoms with E-state index in [0.29, 0.717) is 30.2 Å². The Kier molecular flexibility index (Phi) is 7.49. The monoisotopic (exact) mass is 453 g/mol. The molecule has 1 fully saturated rings. The quantitative estimate of drug-likeness (QED) is 0.736. The van der Waals surface area contributed by atoms with Crippen LogP contribution >= 0.6 is 0 Å². The number of amides is 1. The normalized spacial score (nSPS) is 26.4. The highest BCUT2D eigenvalue weighted by Crippen LogP contribution is 2.32. The molecule has 8 nitrogen and oxygen atoms in total. The number of benzene rings is 1. The Morgan fingerprint density at radius 3 is 2.55 bits per heavy atom. The van der Waals surface area contributed by atoms with E-state index in [1.54, 1.807) is 37.3 Å². The molecular weight excluding hydrogens is 418 g/mol. The molecule has 0 spiro atoms. The van der Waals surface area contributed by atoms with Crippen LogP contribution < -0.4 is 9.46 Å². The molecule has 1 amide bonds. The maximum Gasteiger partial charge on any atom is 0.257 e. The van der Waals surface area contributed by atoms with Crippen molar-refractivity contribution in [1.29, 1.82) is 0 Å². The second-order valence-electron chi connectivity index (χ2n) is 9.08. The number of fused-ring (bicyclic) bond motifs is 1. The summed E-state index contributed by atoms with van der Waals surface area (Å²) in [5, 5.41) is 0. The summed E-state index contributed by atoms with van der Waals surface area (Å²) in [4.78, 5) is 17.3. The SMILES string of the molecule is CO[C@@H]1CN(C)C(=O)c2ccc(NS(C)(=O)=O)cc2OC[C@@H](C)N(CC2CC2)C[C@@H]1C. The minimum Gasteiger partial charge on any atom is -0.491 e. The molecule has 9 heteroatoms. The Hall–Kier alpha value is -1.84. The topological polar surface area (TPSA) is 88.2 Å². The van der Waals surface area contributed by atoms with Crippen molar-refractivity contribution >= 4 is 21.6 Å². The van der Waals surface area contributed by atoms with Gasteiger partial charge in [0.05, 0.1) is 23.6 Å². The second-order valence-corrected chi connectivity index (χ2v) is 10.8. The number of anilines is 1. The third kappa shape index (κ3) is 6.57. The van der Waals surface area contributed by atoms with Gasteiger partial charge in [-0.05, 0) is 43.7 Å². The fourth-order valence-electron chi connectivity index (χ4n) is 4.01. The predicted octanol–water partition coefficient (Wildman–Crippen LogP) is 2.27. The fraction of sp³-hybridized carbons (Fsp3) is 0.682. The summed E-state index contributed by atoms with van der Waals surface area (Å²) < 4.78 is 37.6. The van der Waals surface area contributed by atoms with Gasteiger partial charge >= 0.3 is 0 Å². The molecule has 1 aromatic rings. The summed E-state index contributed by atoms with van der Waals surface area (Å²) in [6, 6.07) is 4.93. The highest BCUT2D eigenvalue weighted by Gasteiger charge is 2.31. The minimum atomic E-state index is -3.44. The van der Waals surface area contributed by atoms with Crippen LogP contribution in [0.25, 0.3) is 0 Å². The molecular formula is C22H35N3O5S. The summed E-state index contributed by atoms with van der Waals surface area (Å²) >= 11 is 0. The van der Waals surface area contributed by atoms with E-state index in [2.05, 4.69) is 23.5 Å². The van der Waals surface area contributed by atoms with E-state index in [9.17, 15) is 13.2 Å². The lowest BCUT2D eigenvalue weighted by atomic mass is 10.0. The number of methoxy groups -OCH3 is 1. The van der Waals surface area contributed by atoms with E-state index >= 15 is 0 Å². The lowest BCUT2D eigenvalue weighted by Crippen LogP contribution is -2.47. The first-order chi connectivity index (χ1) is 14.6. The summed E-state index contributed by atoms with van der Waals surface area (Å²) in [6.45, 7) is 7.07. The van der Waals surface area contributed by atoms with Gasteiger partial charge < -0.3 is 14.4 Å². The molecule has 3 atom stereocenters. The van der Waals surface area contributed by atoms with Crippen LogP contribution in [0.15, 0.2) is 18.2 Å². The van der Waals surface area contributed by atoms with Crippen LogP contribution in [0.2, 0.25) is 0 Å². The van der Waals surface area contributed by atoms with Gasteiger partial charge in [0.2, 0.25) is 10.0 Å². The zero-order valence-electron chi connectivity index (χ0n) is 19.1. The molecule has 2 aliphatic rings. The number of likely N-dealkylation sites (N-methyl/N-ethyl adjacent to an activating group) is 1. The molecule has 0 radical (unpaired) electrons. The van der Waals surface area contributed by atoms with Crippen LogP contribution in [0.5, 0.6) is 5.75 Å². The number of carbonyl (C=O) groups excluding carboxylic acids is 1. The second kappa shape index (κ2) is 9.75. The molecule has 0 unspecified atom stereocenters. The number of sulfonamides is 1. The maximum absolute atomic E-state index is 13.2. The smallest absolute Gasteiger partial charge is 0.257 e. The van der Waals surface area contributed by atoms with Crippen LogP contribution in [0, 0.1) is 11.8 Å². The third-order valence-electron chi connectivity index (χ3n) is 6.07. The van der Waals surface area contributed by atoms with Gasteiger partial charge in [0.1, 0.15) is 12.4 Å². The lowest BCUT2D eigenvalue weighted by Gasteiger charge is -2.36. The van der Waals surface area contributed by atoms with E-state index in [4.69, 9.17) is 9.47 Å². The summed E-state index contributed by atoms with van der Waals surface area (Å²) in [5.41, 5.74) is 0.778. The molecule has 1 aliphatic carbocycles. The van der Waals surface area contributed by atoms with Crippen molar-refractivity contribution in [2.75, 3.05) is 51.4 Å². The molecule has 0 aromatic heterocycles. The number of nitrogens with zero attached hydrogens (tertiary/aromatic N) is 2. The van der Waals surface area contributed by atoms with E-state index in [1.807, 2.05) is 0 Å². The molecule has 174 valence electrons. The largest absolute Gasteiger partial charge is 0.491 e. The zero-order valence-corrected chi connectivity index (χ0v) is 19.9. The Morgan fingerprint density at radius 1 is 1.23 bits per heavy atom. The molecule has 1 aromatic carbocycles. The number of hydrogen-bond donors (Lipinski definition) is 1. The standard InChI is InChI=1S/C22H35N3O5S/c1-15-11-25(12-17-6-7-17)16(2)14-30-20-10-18(23-31(5,27)28)8-9-19(20)22(26)24(3)13-21(15)29-4/h8-10,15-17,21,23H,6-7,11-14H2,1-5H3/t15-,16+,21+/m0/s1. The van der Waals surface area contributed by atoms with Gasteiger partial charge in [-0.3, -0.25) is 14.4 Å². The minimum absolute atomic E-state index is 0.0853. The third-order valence-corrected chi connectivity index (χ3v) is 6.68. The zero-order chi connectivity index (χ0) is 22.8. The van der Waals surface area contributed by atoms with Crippen molar-refractivity contribution in [3.63, 3.8) is 0 Å². The Bertz CT molecular complexity index is 887. The van der Waals surface area contributed by atoms with Crippen LogP contribution in [0.3, 0.4) is 0 Å². The summed E-state index contributed by atoms with van der Waals surface area (Å²) in [5.74, 6) is 1.19. The van der Waals surface area contributed by atoms with Crippen molar-refractivity contribution in [1.82, 2.24) is 9.80 Å². The van der Waals surface area contributed by atoms with Crippen molar-refractivity contribution < 1.29 is 22.7 Å². The molecule has 0 saturated heterocycles. The molecule has 0 bridgehead atoms. The Balaban J connectivity index is 1.93. The number of carbonyl (C=O) groups is 1. The van der Waals surface area contributed by atoms with Crippen molar-refractivity contribution in [2.24, 2.45) is 11.8 Å². The lowest BCUT2D eigenvalue weighted by molar-refractivity contribution is 0.00994. The molecule has 1 aliphatic heterocycles. The summed E-state index contributed by atoms with van der Waals surface area (Å²) in [6.07, 6.45) is 3.55. The molecule has 1 N–H and O–H groups in total. The van der Waals surface area contributed by atoms with E-state index < -0.39 is 10.0 Å². The Morgan fingerprint density at radius 2 is 1.94 bits per heavy atom. The van der Waals surface area contributed by atoms with Crippen molar-refractivity contribution in [3.05, 3.63) is 23.8 Å². The predicted molar refractivity (Wildman–Crippen MR) is 121 cm³/mol. The van der Waals surface area contributed by atoms with Crippen LogP contribution in [0.1, 0.15) is 37.0 Å². The number of ether oxygens (including phenoxy) is 2. The maximum atomic E-state index is 13.2. The van der Waals surface area contributed by atoms with Gasteiger partial charge in [-0.1, -0.05) is 6.92 Å². The van der Waals surface area contributed by atoms with E-state index in [1.165, 1.54) is 12.8 Å². The average molecular weight is 454 g/mol. The van der Waals surface area contributed by atoms with Crippen LogP contribution in [0.4, 0.5) is 5.69 Å². The average Bonchev–Trinajstić information content (AvgIpc) is 3.51. The van der Waals surface area contributed by atoms with E-state index in [0.717, 1.165) is 25.3 Å². The first-order valence-corrected chi connectivity index (χ1v) is 12.7. The van der Waals surface area contributed by atoms with Crippen LogP contribution in [-0.4, -0.2) is 82.9 Å². The molecule has 1 saturated carbocycles. The van der Waals surface area contributed by atoms with Crippen molar-refractivity contribution in [2.45, 2.75) is 38.8 Å². The first kappa shape index (κ1) is 23.8. The highest BCUT2D eigenvalue weighted by atomic mass is 32.2. The van der Waals surface area contributed by atoms with Gasteiger partial charge in [0, 0.05) is 45.9 Å². The van der Waals surface area contributed by atoms with Crippen molar-refractivity contribution in [3.8, 4) is 5.75 Å². The molecule has 3 rings (SSSR count). The van der Waals surface area contributed by atoms with Gasteiger partial charge in [0.15, 0.2) is 0 Å². The van der Waals surface area contributed by atoms with E-state index in [-0.39, 0.29) is 24.0 Å². The fourth-order valence-corrected chi connectivity index (χ4v) is 4.57. The molecule has 31 heavy (non-hydrogen) atoms. The van der Waals surface area contributed by atoms with Gasteiger partial charge in [0.25, 0.3) is 5.91 Å². The highest BCUT2D eigenvalue weighted by molar-refractivity contribution is 7.92.